The lowest BCUT2D eigenvalue weighted by Crippen LogP contribution is -2.09. The highest BCUT2D eigenvalue weighted by molar-refractivity contribution is 5.96. The van der Waals surface area contributed by atoms with E-state index in [1.54, 1.807) is 42.5 Å². The minimum absolute atomic E-state index is 0.207. The number of phenolic OH excluding ortho intramolecular Hbond substituents is 1. The number of fused-ring (bicyclic) bond motifs is 1. The number of aryl methyl sites for hydroxylation is 1. The molecule has 0 aromatic heterocycles. The molecule has 0 saturated heterocycles. The van der Waals surface area contributed by atoms with E-state index < -0.39 is 0 Å². The van der Waals surface area contributed by atoms with Gasteiger partial charge >= 0.3 is 5.97 Å². The number of esters is 1. The highest BCUT2D eigenvalue weighted by Gasteiger charge is 2.11. The van der Waals surface area contributed by atoms with Gasteiger partial charge in [0.15, 0.2) is 0 Å². The van der Waals surface area contributed by atoms with E-state index in [4.69, 9.17) is 4.74 Å². The lowest BCUT2D eigenvalue weighted by Gasteiger charge is -2.09. The molecule has 0 heterocycles. The number of rotatable bonds is 2. The third-order valence-corrected chi connectivity index (χ3v) is 3.82. The maximum atomic E-state index is 12.3. The van der Waals surface area contributed by atoms with Gasteiger partial charge in [-0.15, -0.1) is 0 Å². The first-order valence-electron chi connectivity index (χ1n) is 7.06. The monoisotopic (exact) mass is 292 g/mol. The Bertz CT molecular complexity index is 866. The molecular formula is C19H16O3. The van der Waals surface area contributed by atoms with E-state index in [1.165, 1.54) is 0 Å². The van der Waals surface area contributed by atoms with Crippen LogP contribution in [0.5, 0.6) is 11.5 Å². The molecule has 0 radical (unpaired) electrons. The van der Waals surface area contributed by atoms with Crippen molar-refractivity contribution in [1.29, 1.82) is 0 Å². The summed E-state index contributed by atoms with van der Waals surface area (Å²) in [6, 6.07) is 15.9. The van der Waals surface area contributed by atoms with E-state index in [2.05, 4.69) is 0 Å². The lowest BCUT2D eigenvalue weighted by molar-refractivity contribution is 0.0733. The van der Waals surface area contributed by atoms with Crippen LogP contribution in [0.15, 0.2) is 54.6 Å². The number of hydrogen-bond acceptors (Lipinski definition) is 3. The Morgan fingerprint density at radius 3 is 2.50 bits per heavy atom. The van der Waals surface area contributed by atoms with E-state index in [0.717, 1.165) is 21.9 Å². The van der Waals surface area contributed by atoms with Crippen molar-refractivity contribution < 1.29 is 14.6 Å². The van der Waals surface area contributed by atoms with Crippen LogP contribution in [0.4, 0.5) is 0 Å². The number of carbonyl (C=O) groups excluding carboxylic acids is 1. The zero-order valence-corrected chi connectivity index (χ0v) is 12.5. The lowest BCUT2D eigenvalue weighted by atomic mass is 10.1. The van der Waals surface area contributed by atoms with E-state index in [9.17, 15) is 9.90 Å². The van der Waals surface area contributed by atoms with Gasteiger partial charge < -0.3 is 9.84 Å². The van der Waals surface area contributed by atoms with Crippen molar-refractivity contribution in [3.05, 3.63) is 71.3 Å². The second-order valence-corrected chi connectivity index (χ2v) is 5.33. The Hall–Kier alpha value is -2.81. The summed E-state index contributed by atoms with van der Waals surface area (Å²) in [7, 11) is 0. The second kappa shape index (κ2) is 5.53. The quantitative estimate of drug-likeness (QED) is 0.563. The molecule has 0 saturated carbocycles. The summed E-state index contributed by atoms with van der Waals surface area (Å²) in [6.07, 6.45) is 0. The third-order valence-electron chi connectivity index (χ3n) is 3.82. The molecule has 22 heavy (non-hydrogen) atoms. The van der Waals surface area contributed by atoms with Gasteiger partial charge in [-0.2, -0.15) is 0 Å². The standard InChI is InChI=1S/C19H16O3/c1-12-4-3-5-18(13(12)2)22-19(21)16-7-6-15-11-17(20)9-8-14(15)10-16/h3-11,20H,1-2H3. The molecule has 0 atom stereocenters. The van der Waals surface area contributed by atoms with Crippen molar-refractivity contribution >= 4 is 16.7 Å². The fraction of sp³-hybridized carbons (Fsp3) is 0.105. The van der Waals surface area contributed by atoms with Crippen molar-refractivity contribution in [3.63, 3.8) is 0 Å². The first kappa shape index (κ1) is 14.1. The van der Waals surface area contributed by atoms with Gasteiger partial charge in [-0.25, -0.2) is 4.79 Å². The minimum atomic E-state index is -0.385. The van der Waals surface area contributed by atoms with Gasteiger partial charge in [0.2, 0.25) is 0 Å². The van der Waals surface area contributed by atoms with Crippen LogP contribution in [0.1, 0.15) is 21.5 Å². The summed E-state index contributed by atoms with van der Waals surface area (Å²) in [5.41, 5.74) is 2.53. The summed E-state index contributed by atoms with van der Waals surface area (Å²) in [5.74, 6) is 0.401. The fourth-order valence-corrected chi connectivity index (χ4v) is 2.35. The number of hydrogen-bond donors (Lipinski definition) is 1. The molecule has 110 valence electrons. The largest absolute Gasteiger partial charge is 0.508 e. The Morgan fingerprint density at radius 1 is 0.955 bits per heavy atom. The molecule has 0 aliphatic heterocycles. The van der Waals surface area contributed by atoms with Crippen LogP contribution in [-0.2, 0) is 0 Å². The molecule has 0 amide bonds. The van der Waals surface area contributed by atoms with Gasteiger partial charge in [-0.05, 0) is 66.1 Å². The average Bonchev–Trinajstić information content (AvgIpc) is 2.51. The molecular weight excluding hydrogens is 276 g/mol. The van der Waals surface area contributed by atoms with Crippen molar-refractivity contribution in [2.75, 3.05) is 0 Å². The van der Waals surface area contributed by atoms with Gasteiger partial charge in [0.05, 0.1) is 5.56 Å². The second-order valence-electron chi connectivity index (χ2n) is 5.33. The van der Waals surface area contributed by atoms with E-state index in [0.29, 0.717) is 11.3 Å². The maximum Gasteiger partial charge on any atom is 0.343 e. The van der Waals surface area contributed by atoms with Crippen LogP contribution in [0.25, 0.3) is 10.8 Å². The molecule has 3 heteroatoms. The SMILES string of the molecule is Cc1cccc(OC(=O)c2ccc3cc(O)ccc3c2)c1C. The van der Waals surface area contributed by atoms with Crippen molar-refractivity contribution in [2.45, 2.75) is 13.8 Å². The van der Waals surface area contributed by atoms with Crippen molar-refractivity contribution in [1.82, 2.24) is 0 Å². The van der Waals surface area contributed by atoms with Gasteiger partial charge in [0.25, 0.3) is 0 Å². The fourth-order valence-electron chi connectivity index (χ4n) is 2.35. The zero-order chi connectivity index (χ0) is 15.7. The summed E-state index contributed by atoms with van der Waals surface area (Å²) in [6.45, 7) is 3.91. The van der Waals surface area contributed by atoms with Gasteiger partial charge in [0, 0.05) is 0 Å². The number of aromatic hydroxyl groups is 1. The molecule has 0 spiro atoms. The number of benzene rings is 3. The highest BCUT2D eigenvalue weighted by atomic mass is 16.5. The molecule has 0 bridgehead atoms. The van der Waals surface area contributed by atoms with Crippen LogP contribution in [0.2, 0.25) is 0 Å². The van der Waals surface area contributed by atoms with Crippen LogP contribution >= 0.6 is 0 Å². The topological polar surface area (TPSA) is 46.5 Å². The molecule has 0 aliphatic carbocycles. The Kier molecular flexibility index (Phi) is 3.55. The number of phenols is 1. The molecule has 0 unspecified atom stereocenters. The van der Waals surface area contributed by atoms with Gasteiger partial charge in [0.1, 0.15) is 11.5 Å². The zero-order valence-electron chi connectivity index (χ0n) is 12.5. The smallest absolute Gasteiger partial charge is 0.343 e. The predicted octanol–water partition coefficient (Wildman–Crippen LogP) is 4.38. The molecule has 3 rings (SSSR count). The van der Waals surface area contributed by atoms with Crippen molar-refractivity contribution in [2.24, 2.45) is 0 Å². The number of carbonyl (C=O) groups is 1. The Morgan fingerprint density at radius 2 is 1.68 bits per heavy atom. The van der Waals surface area contributed by atoms with Gasteiger partial charge in [-0.1, -0.05) is 24.3 Å². The van der Waals surface area contributed by atoms with Crippen LogP contribution in [-0.4, -0.2) is 11.1 Å². The predicted molar refractivity (Wildman–Crippen MR) is 86.5 cm³/mol. The van der Waals surface area contributed by atoms with Crippen LogP contribution < -0.4 is 4.74 Å². The third kappa shape index (κ3) is 2.66. The van der Waals surface area contributed by atoms with Crippen LogP contribution in [0, 0.1) is 13.8 Å². The molecule has 3 aromatic carbocycles. The normalized spacial score (nSPS) is 10.6. The first-order chi connectivity index (χ1) is 10.5. The minimum Gasteiger partial charge on any atom is -0.508 e. The number of ether oxygens (including phenoxy) is 1. The Balaban J connectivity index is 1.92. The molecule has 3 nitrogen and oxygen atoms in total. The van der Waals surface area contributed by atoms with E-state index in [-0.39, 0.29) is 11.7 Å². The van der Waals surface area contributed by atoms with E-state index >= 15 is 0 Å². The van der Waals surface area contributed by atoms with Crippen molar-refractivity contribution in [3.8, 4) is 11.5 Å². The van der Waals surface area contributed by atoms with E-state index in [1.807, 2.05) is 26.0 Å². The highest BCUT2D eigenvalue weighted by Crippen LogP contribution is 2.24. The molecule has 1 N–H and O–H groups in total. The summed E-state index contributed by atoms with van der Waals surface area (Å²) < 4.78 is 5.50. The molecule has 0 aliphatic rings. The average molecular weight is 292 g/mol. The van der Waals surface area contributed by atoms with Crippen LogP contribution in [0.3, 0.4) is 0 Å². The maximum absolute atomic E-state index is 12.3. The summed E-state index contributed by atoms with van der Waals surface area (Å²) >= 11 is 0. The summed E-state index contributed by atoms with van der Waals surface area (Å²) in [5, 5.41) is 11.2. The first-order valence-corrected chi connectivity index (χ1v) is 7.06. The summed E-state index contributed by atoms with van der Waals surface area (Å²) in [4.78, 5) is 12.3. The van der Waals surface area contributed by atoms with Gasteiger partial charge in [-0.3, -0.25) is 0 Å². The Labute approximate surface area is 128 Å². The molecule has 3 aromatic rings. The molecule has 0 fully saturated rings.